The minimum absolute atomic E-state index is 0.131. The Kier molecular flexibility index (Phi) is 3.95. The summed E-state index contributed by atoms with van der Waals surface area (Å²) in [5.41, 5.74) is 3.30. The molecule has 0 bridgehead atoms. The zero-order chi connectivity index (χ0) is 13.3. The van der Waals surface area contributed by atoms with Crippen LogP contribution >= 0.6 is 23.2 Å². The van der Waals surface area contributed by atoms with Crippen LogP contribution in [0.25, 0.3) is 0 Å². The summed E-state index contributed by atoms with van der Waals surface area (Å²) in [7, 11) is 0. The number of hydrogen-bond acceptors (Lipinski definition) is 2. The van der Waals surface area contributed by atoms with Crippen molar-refractivity contribution in [1.82, 2.24) is 5.32 Å². The van der Waals surface area contributed by atoms with E-state index in [-0.39, 0.29) is 5.91 Å². The lowest BCUT2D eigenvalue weighted by molar-refractivity contribution is -0.112. The summed E-state index contributed by atoms with van der Waals surface area (Å²) in [5, 5.41) is 6.97. The summed E-state index contributed by atoms with van der Waals surface area (Å²) in [5.74, 6) is -0.131. The zero-order valence-corrected chi connectivity index (χ0v) is 11.7. The van der Waals surface area contributed by atoms with E-state index in [9.17, 15) is 4.79 Å². The molecule has 18 heavy (non-hydrogen) atoms. The highest BCUT2D eigenvalue weighted by Crippen LogP contribution is 2.29. The van der Waals surface area contributed by atoms with E-state index in [2.05, 4.69) is 10.6 Å². The second-order valence-corrected chi connectivity index (χ2v) is 5.18. The zero-order valence-electron chi connectivity index (χ0n) is 10.2. The minimum atomic E-state index is -0.131. The van der Waals surface area contributed by atoms with Gasteiger partial charge in [-0.1, -0.05) is 23.2 Å². The summed E-state index contributed by atoms with van der Waals surface area (Å²) in [4.78, 5) is 12.0. The lowest BCUT2D eigenvalue weighted by atomic mass is 10.0. The van der Waals surface area contributed by atoms with Crippen LogP contribution in [-0.2, 0) is 4.79 Å². The second-order valence-electron chi connectivity index (χ2n) is 4.37. The highest BCUT2D eigenvalue weighted by atomic mass is 35.5. The molecule has 1 heterocycles. The second kappa shape index (κ2) is 5.31. The van der Waals surface area contributed by atoms with Crippen molar-refractivity contribution in [1.29, 1.82) is 0 Å². The summed E-state index contributed by atoms with van der Waals surface area (Å²) >= 11 is 12.1. The summed E-state index contributed by atoms with van der Waals surface area (Å²) in [6.45, 7) is 5.24. The molecule has 0 aliphatic carbocycles. The Bertz CT molecular complexity index is 532. The first-order chi connectivity index (χ1) is 8.49. The van der Waals surface area contributed by atoms with Crippen LogP contribution in [0.1, 0.15) is 12.5 Å². The number of carbonyl (C=O) groups is 1. The van der Waals surface area contributed by atoms with Crippen LogP contribution < -0.4 is 10.6 Å². The van der Waals surface area contributed by atoms with Crippen molar-refractivity contribution in [2.45, 2.75) is 13.8 Å². The smallest absolute Gasteiger partial charge is 0.251 e. The van der Waals surface area contributed by atoms with Gasteiger partial charge in [0.05, 0.1) is 10.7 Å². The van der Waals surface area contributed by atoms with Crippen LogP contribution in [0.4, 0.5) is 5.69 Å². The lowest BCUT2D eigenvalue weighted by Gasteiger charge is -2.21. The quantitative estimate of drug-likeness (QED) is 0.819. The average Bonchev–Trinajstić information content (AvgIpc) is 2.23. The Morgan fingerprint density at radius 2 is 1.94 bits per heavy atom. The monoisotopic (exact) mass is 284 g/mol. The molecule has 1 fully saturated rings. The number of rotatable bonds is 2. The van der Waals surface area contributed by atoms with Gasteiger partial charge in [0.25, 0.3) is 5.91 Å². The van der Waals surface area contributed by atoms with Crippen LogP contribution in [0.15, 0.2) is 23.3 Å². The Balaban J connectivity index is 2.19. The maximum Gasteiger partial charge on any atom is 0.251 e. The maximum atomic E-state index is 12.0. The predicted octanol–water partition coefficient (Wildman–Crippen LogP) is 3.16. The van der Waals surface area contributed by atoms with Gasteiger partial charge in [-0.2, -0.15) is 0 Å². The number of aryl methyl sites for hydroxylation is 1. The highest BCUT2D eigenvalue weighted by Gasteiger charge is 2.17. The van der Waals surface area contributed by atoms with Crippen LogP contribution in [0.2, 0.25) is 10.0 Å². The number of amides is 1. The van der Waals surface area contributed by atoms with Gasteiger partial charge in [-0.05, 0) is 37.1 Å². The van der Waals surface area contributed by atoms with Crippen molar-refractivity contribution in [2.75, 3.05) is 18.4 Å². The molecule has 96 valence electrons. The number of nitrogens with one attached hydrogen (secondary N) is 2. The Morgan fingerprint density at radius 3 is 2.50 bits per heavy atom. The topological polar surface area (TPSA) is 41.1 Å². The molecule has 3 nitrogen and oxygen atoms in total. The molecule has 1 aromatic rings. The van der Waals surface area contributed by atoms with E-state index in [1.165, 1.54) is 0 Å². The largest absolute Gasteiger partial charge is 0.321 e. The van der Waals surface area contributed by atoms with Crippen LogP contribution in [0.3, 0.4) is 0 Å². The van der Waals surface area contributed by atoms with Crippen LogP contribution in [0, 0.1) is 6.92 Å². The van der Waals surface area contributed by atoms with Gasteiger partial charge in [-0.3, -0.25) is 4.79 Å². The third-order valence-corrected chi connectivity index (χ3v) is 3.76. The Morgan fingerprint density at radius 1 is 1.28 bits per heavy atom. The van der Waals surface area contributed by atoms with E-state index < -0.39 is 0 Å². The standard InChI is InChI=1S/C13H14Cl2N2O/c1-7-3-11(15)12(4-10(7)14)17-13(18)8(2)9-5-16-6-9/h3-4,16H,5-6H2,1-2H3,(H,17,18). The molecule has 1 aliphatic heterocycles. The molecule has 0 radical (unpaired) electrons. The number of carbonyl (C=O) groups excluding carboxylic acids is 1. The van der Waals surface area contributed by atoms with Gasteiger partial charge in [0.1, 0.15) is 0 Å². The summed E-state index contributed by atoms with van der Waals surface area (Å²) in [6.07, 6.45) is 0. The minimum Gasteiger partial charge on any atom is -0.321 e. The van der Waals surface area contributed by atoms with Crippen molar-refractivity contribution in [3.63, 3.8) is 0 Å². The number of anilines is 1. The fourth-order valence-electron chi connectivity index (χ4n) is 1.63. The SMILES string of the molecule is CC(C(=O)Nc1cc(Cl)c(C)cc1Cl)=C1CNC1. The summed E-state index contributed by atoms with van der Waals surface area (Å²) in [6, 6.07) is 3.42. The van der Waals surface area contributed by atoms with Crippen molar-refractivity contribution in [2.24, 2.45) is 0 Å². The molecule has 1 amide bonds. The molecule has 0 atom stereocenters. The molecular formula is C13H14Cl2N2O. The molecule has 5 heteroatoms. The van der Waals surface area contributed by atoms with E-state index in [1.54, 1.807) is 12.1 Å². The van der Waals surface area contributed by atoms with E-state index in [0.29, 0.717) is 15.7 Å². The van der Waals surface area contributed by atoms with Gasteiger partial charge in [0, 0.05) is 23.7 Å². The Labute approximate surface area is 116 Å². The molecule has 0 aromatic heterocycles. The van der Waals surface area contributed by atoms with E-state index >= 15 is 0 Å². The normalized spacial score (nSPS) is 14.1. The van der Waals surface area contributed by atoms with E-state index in [1.807, 2.05) is 13.8 Å². The number of benzene rings is 1. The van der Waals surface area contributed by atoms with Crippen molar-refractivity contribution < 1.29 is 4.79 Å². The molecule has 2 rings (SSSR count). The van der Waals surface area contributed by atoms with Gasteiger partial charge < -0.3 is 10.6 Å². The van der Waals surface area contributed by atoms with Crippen molar-refractivity contribution in [3.05, 3.63) is 38.9 Å². The molecule has 1 aliphatic rings. The molecule has 0 spiro atoms. The predicted molar refractivity (Wildman–Crippen MR) is 75.4 cm³/mol. The lowest BCUT2D eigenvalue weighted by Crippen LogP contribution is -2.36. The van der Waals surface area contributed by atoms with Gasteiger partial charge in [-0.25, -0.2) is 0 Å². The Hall–Kier alpha value is -1.03. The van der Waals surface area contributed by atoms with E-state index in [0.717, 1.165) is 29.8 Å². The summed E-state index contributed by atoms with van der Waals surface area (Å²) < 4.78 is 0. The number of hydrogen-bond donors (Lipinski definition) is 2. The highest BCUT2D eigenvalue weighted by molar-refractivity contribution is 6.36. The fraction of sp³-hybridized carbons (Fsp3) is 0.308. The van der Waals surface area contributed by atoms with Crippen molar-refractivity contribution >= 4 is 34.8 Å². The number of halogens is 2. The van der Waals surface area contributed by atoms with Gasteiger partial charge >= 0.3 is 0 Å². The molecular weight excluding hydrogens is 271 g/mol. The first-order valence-corrected chi connectivity index (χ1v) is 6.41. The third kappa shape index (κ3) is 2.69. The maximum absolute atomic E-state index is 12.0. The fourth-order valence-corrected chi connectivity index (χ4v) is 2.06. The molecule has 1 saturated heterocycles. The van der Waals surface area contributed by atoms with Gasteiger partial charge in [0.15, 0.2) is 0 Å². The van der Waals surface area contributed by atoms with E-state index in [4.69, 9.17) is 23.2 Å². The molecule has 0 saturated carbocycles. The van der Waals surface area contributed by atoms with Crippen LogP contribution in [-0.4, -0.2) is 19.0 Å². The molecule has 1 aromatic carbocycles. The third-order valence-electron chi connectivity index (χ3n) is 3.04. The van der Waals surface area contributed by atoms with Crippen LogP contribution in [0.5, 0.6) is 0 Å². The van der Waals surface area contributed by atoms with Gasteiger partial charge in [-0.15, -0.1) is 0 Å². The van der Waals surface area contributed by atoms with Gasteiger partial charge in [0.2, 0.25) is 0 Å². The first-order valence-electron chi connectivity index (χ1n) is 5.65. The first kappa shape index (κ1) is 13.4. The van der Waals surface area contributed by atoms with Crippen molar-refractivity contribution in [3.8, 4) is 0 Å². The molecule has 0 unspecified atom stereocenters. The molecule has 2 N–H and O–H groups in total. The average molecular weight is 285 g/mol.